The zero-order valence-corrected chi connectivity index (χ0v) is 14.6. The molecule has 1 aromatic carbocycles. The number of hydrogen-bond donors (Lipinski definition) is 1. The summed E-state index contributed by atoms with van der Waals surface area (Å²) in [6.07, 6.45) is 6.81. The number of benzene rings is 1. The average molecular weight is 340 g/mol. The van der Waals surface area contributed by atoms with Gasteiger partial charge in [-0.2, -0.15) is 0 Å². The maximum Gasteiger partial charge on any atom is 0.325 e. The molecule has 1 aliphatic heterocycles. The molecule has 132 valence electrons. The zero-order chi connectivity index (χ0) is 17.6. The first-order valence-electron chi connectivity index (χ1n) is 9.30. The van der Waals surface area contributed by atoms with Gasteiger partial charge in [0.1, 0.15) is 5.54 Å². The van der Waals surface area contributed by atoms with Crippen LogP contribution in [0.4, 0.5) is 4.79 Å². The third-order valence-electron chi connectivity index (χ3n) is 6.22. The Morgan fingerprint density at radius 2 is 2.00 bits per heavy atom. The highest BCUT2D eigenvalue weighted by atomic mass is 16.2. The zero-order valence-electron chi connectivity index (χ0n) is 14.6. The van der Waals surface area contributed by atoms with Gasteiger partial charge in [0.15, 0.2) is 5.78 Å². The predicted octanol–water partition coefficient (Wildman–Crippen LogP) is 2.86. The minimum Gasteiger partial charge on any atom is -0.323 e. The second kappa shape index (κ2) is 5.97. The van der Waals surface area contributed by atoms with Crippen LogP contribution in [0.1, 0.15) is 60.5 Å². The number of nitrogens with one attached hydrogen (secondary N) is 1. The van der Waals surface area contributed by atoms with E-state index in [4.69, 9.17) is 0 Å². The van der Waals surface area contributed by atoms with Crippen molar-refractivity contribution in [2.45, 2.75) is 57.4 Å². The number of imide groups is 1. The quantitative estimate of drug-likeness (QED) is 0.680. The van der Waals surface area contributed by atoms with Gasteiger partial charge in [0.05, 0.1) is 6.54 Å². The molecule has 5 heteroatoms. The summed E-state index contributed by atoms with van der Waals surface area (Å²) >= 11 is 0. The molecule has 1 saturated heterocycles. The van der Waals surface area contributed by atoms with E-state index >= 15 is 0 Å². The van der Waals surface area contributed by atoms with Gasteiger partial charge in [0.25, 0.3) is 5.91 Å². The van der Waals surface area contributed by atoms with Gasteiger partial charge >= 0.3 is 6.03 Å². The summed E-state index contributed by atoms with van der Waals surface area (Å²) in [5.74, 6) is -0.282. The van der Waals surface area contributed by atoms with Crippen LogP contribution in [0.3, 0.4) is 0 Å². The number of nitrogens with zero attached hydrogens (tertiary/aromatic N) is 1. The Bertz CT molecular complexity index is 757. The highest BCUT2D eigenvalue weighted by Crippen LogP contribution is 2.38. The molecule has 2 fully saturated rings. The first-order chi connectivity index (χ1) is 12.0. The van der Waals surface area contributed by atoms with Crippen molar-refractivity contribution >= 4 is 17.7 Å². The molecule has 1 saturated carbocycles. The molecule has 0 aromatic heterocycles. The first-order valence-corrected chi connectivity index (χ1v) is 9.30. The SMILES string of the molecule is C[C@H]1CCCC[C@@]12NC(=O)N(CC(=O)c1ccc3c(c1)CCC3)C2=O. The number of carbonyl (C=O) groups excluding carboxylic acids is 3. The lowest BCUT2D eigenvalue weighted by atomic mass is 9.73. The van der Waals surface area contributed by atoms with E-state index in [1.807, 2.05) is 25.1 Å². The number of rotatable bonds is 3. The van der Waals surface area contributed by atoms with Crippen molar-refractivity contribution < 1.29 is 14.4 Å². The number of carbonyl (C=O) groups is 3. The third-order valence-corrected chi connectivity index (χ3v) is 6.22. The molecule has 25 heavy (non-hydrogen) atoms. The van der Waals surface area contributed by atoms with Gasteiger partial charge in [-0.25, -0.2) is 4.79 Å². The fourth-order valence-electron chi connectivity index (χ4n) is 4.62. The highest BCUT2D eigenvalue weighted by molar-refractivity contribution is 6.11. The number of ketones is 1. The van der Waals surface area contributed by atoms with Crippen LogP contribution in [0.2, 0.25) is 0 Å². The minimum absolute atomic E-state index is 0.109. The summed E-state index contributed by atoms with van der Waals surface area (Å²) in [7, 11) is 0. The molecule has 5 nitrogen and oxygen atoms in total. The van der Waals surface area contributed by atoms with Crippen molar-refractivity contribution in [3.05, 3.63) is 34.9 Å². The first kappa shape index (κ1) is 16.3. The molecular weight excluding hydrogens is 316 g/mol. The summed E-state index contributed by atoms with van der Waals surface area (Å²) in [4.78, 5) is 39.1. The molecule has 0 radical (unpaired) electrons. The topological polar surface area (TPSA) is 66.5 Å². The van der Waals surface area contributed by atoms with Gasteiger partial charge in [-0.15, -0.1) is 0 Å². The van der Waals surface area contributed by atoms with Crippen molar-refractivity contribution in [2.75, 3.05) is 6.54 Å². The number of amides is 3. The molecule has 1 spiro atoms. The fraction of sp³-hybridized carbons (Fsp3) is 0.550. The van der Waals surface area contributed by atoms with Crippen LogP contribution in [0, 0.1) is 5.92 Å². The van der Waals surface area contributed by atoms with Crippen molar-refractivity contribution in [1.82, 2.24) is 10.2 Å². The molecule has 1 heterocycles. The molecule has 1 aromatic rings. The van der Waals surface area contributed by atoms with E-state index < -0.39 is 11.6 Å². The highest BCUT2D eigenvalue weighted by Gasteiger charge is 2.55. The Balaban J connectivity index is 1.53. The van der Waals surface area contributed by atoms with Crippen molar-refractivity contribution in [2.24, 2.45) is 5.92 Å². The Hall–Kier alpha value is -2.17. The van der Waals surface area contributed by atoms with Crippen molar-refractivity contribution in [3.8, 4) is 0 Å². The lowest BCUT2D eigenvalue weighted by molar-refractivity contribution is -0.133. The predicted molar refractivity (Wildman–Crippen MR) is 93.4 cm³/mol. The normalized spacial score (nSPS) is 28.4. The van der Waals surface area contributed by atoms with E-state index in [2.05, 4.69) is 5.32 Å². The van der Waals surface area contributed by atoms with Crippen LogP contribution in [-0.4, -0.2) is 34.7 Å². The Morgan fingerprint density at radius 3 is 2.80 bits per heavy atom. The number of fused-ring (bicyclic) bond motifs is 1. The van der Waals surface area contributed by atoms with Gasteiger partial charge in [-0.3, -0.25) is 14.5 Å². The molecule has 0 unspecified atom stereocenters. The minimum atomic E-state index is -0.798. The molecule has 3 aliphatic rings. The van der Waals surface area contributed by atoms with Gasteiger partial charge < -0.3 is 5.32 Å². The molecule has 4 rings (SSSR count). The van der Waals surface area contributed by atoms with Crippen LogP contribution in [0.5, 0.6) is 0 Å². The third kappa shape index (κ3) is 2.57. The summed E-state index contributed by atoms with van der Waals surface area (Å²) in [5.41, 5.74) is 2.33. The molecule has 2 aliphatic carbocycles. The molecule has 2 atom stereocenters. The molecule has 3 amide bonds. The largest absolute Gasteiger partial charge is 0.325 e. The fourth-order valence-corrected chi connectivity index (χ4v) is 4.62. The number of urea groups is 1. The van der Waals surface area contributed by atoms with E-state index in [1.54, 1.807) is 0 Å². The molecule has 0 bridgehead atoms. The maximum absolute atomic E-state index is 12.9. The van der Waals surface area contributed by atoms with E-state index in [0.29, 0.717) is 12.0 Å². The summed E-state index contributed by atoms with van der Waals surface area (Å²) < 4.78 is 0. The maximum atomic E-state index is 12.9. The monoisotopic (exact) mass is 340 g/mol. The number of aryl methyl sites for hydroxylation is 2. The van der Waals surface area contributed by atoms with Gasteiger partial charge in [0.2, 0.25) is 0 Å². The average Bonchev–Trinajstić information content (AvgIpc) is 3.16. The van der Waals surface area contributed by atoms with E-state index in [9.17, 15) is 14.4 Å². The van der Waals surface area contributed by atoms with Gasteiger partial charge in [0, 0.05) is 5.56 Å². The summed E-state index contributed by atoms with van der Waals surface area (Å²) in [5, 5.41) is 2.90. The van der Waals surface area contributed by atoms with Gasteiger partial charge in [-0.05, 0) is 55.2 Å². The smallest absolute Gasteiger partial charge is 0.323 e. The van der Waals surface area contributed by atoms with Crippen LogP contribution in [-0.2, 0) is 17.6 Å². The van der Waals surface area contributed by atoms with Crippen LogP contribution in [0.15, 0.2) is 18.2 Å². The Labute approximate surface area is 147 Å². The van der Waals surface area contributed by atoms with E-state index in [-0.39, 0.29) is 24.2 Å². The van der Waals surface area contributed by atoms with Crippen molar-refractivity contribution in [1.29, 1.82) is 0 Å². The van der Waals surface area contributed by atoms with Crippen LogP contribution in [0.25, 0.3) is 0 Å². The van der Waals surface area contributed by atoms with Crippen LogP contribution >= 0.6 is 0 Å². The lowest BCUT2D eigenvalue weighted by Crippen LogP contribution is -2.54. The van der Waals surface area contributed by atoms with Crippen molar-refractivity contribution in [3.63, 3.8) is 0 Å². The summed E-state index contributed by atoms with van der Waals surface area (Å²) in [6, 6.07) is 5.34. The van der Waals surface area contributed by atoms with E-state index in [0.717, 1.165) is 43.4 Å². The second-order valence-electron chi connectivity index (χ2n) is 7.70. The standard InChI is InChI=1S/C20H24N2O3/c1-13-5-2-3-10-20(13)18(24)22(19(25)21-20)12-17(23)16-9-8-14-6-4-7-15(14)11-16/h8-9,11,13H,2-7,10,12H2,1H3,(H,21,25)/t13-,20+/m0/s1. The Kier molecular flexibility index (Phi) is 3.89. The molecular formula is C20H24N2O3. The Morgan fingerprint density at radius 1 is 1.20 bits per heavy atom. The van der Waals surface area contributed by atoms with E-state index in [1.165, 1.54) is 11.1 Å². The van der Waals surface area contributed by atoms with Crippen LogP contribution < -0.4 is 5.32 Å². The summed E-state index contributed by atoms with van der Waals surface area (Å²) in [6.45, 7) is 1.85. The molecule has 1 N–H and O–H groups in total. The van der Waals surface area contributed by atoms with Gasteiger partial charge in [-0.1, -0.05) is 31.9 Å². The lowest BCUT2D eigenvalue weighted by Gasteiger charge is -2.36. The second-order valence-corrected chi connectivity index (χ2v) is 7.70. The number of hydrogen-bond acceptors (Lipinski definition) is 3. The number of Topliss-reactive ketones (excluding diaryl/α,β-unsaturated/α-hetero) is 1.